The average Bonchev–Trinajstić information content (AvgIpc) is 2.51. The van der Waals surface area contributed by atoms with E-state index in [1.165, 1.54) is 30.3 Å². The molecular formula is C15H8Cl2N2O4. The molecule has 23 heavy (non-hydrogen) atoms. The Bertz CT molecular complexity index is 831. The average molecular weight is 351 g/mol. The van der Waals surface area contributed by atoms with Gasteiger partial charge in [0, 0.05) is 11.1 Å². The molecule has 1 amide bonds. The minimum atomic E-state index is -1.29. The molecule has 6 nitrogen and oxygen atoms in total. The lowest BCUT2D eigenvalue weighted by Crippen LogP contribution is -2.03. The number of halogens is 2. The molecule has 2 rings (SSSR count). The number of carbonyl (C=O) groups excluding carboxylic acids is 1. The van der Waals surface area contributed by atoms with Gasteiger partial charge in [-0.05, 0) is 24.3 Å². The highest BCUT2D eigenvalue weighted by atomic mass is 35.5. The third kappa shape index (κ3) is 3.72. The number of carbonyl (C=O) groups is 2. The number of anilines is 1. The van der Waals surface area contributed by atoms with Crippen molar-refractivity contribution in [1.82, 2.24) is 0 Å². The molecule has 0 radical (unpaired) electrons. The summed E-state index contributed by atoms with van der Waals surface area (Å²) < 4.78 is 5.53. The third-order valence-electron chi connectivity index (χ3n) is 2.78. The number of carboxylic acid groups (broad SMARTS) is 1. The summed E-state index contributed by atoms with van der Waals surface area (Å²) in [5.74, 6) is -1.01. The van der Waals surface area contributed by atoms with Gasteiger partial charge in [-0.3, -0.25) is 4.79 Å². The normalized spacial score (nSPS) is 9.78. The van der Waals surface area contributed by atoms with Gasteiger partial charge in [-0.1, -0.05) is 23.2 Å². The van der Waals surface area contributed by atoms with Gasteiger partial charge < -0.3 is 15.2 Å². The molecule has 0 atom stereocenters. The van der Waals surface area contributed by atoms with Crippen LogP contribution in [0.2, 0.25) is 10.0 Å². The van der Waals surface area contributed by atoms with Crippen LogP contribution in [0.4, 0.5) is 5.69 Å². The van der Waals surface area contributed by atoms with E-state index in [0.717, 1.165) is 0 Å². The maximum absolute atomic E-state index is 11.2. The molecule has 0 aliphatic carbocycles. The Hall–Kier alpha value is -2.75. The van der Waals surface area contributed by atoms with Crippen LogP contribution in [0.25, 0.3) is 0 Å². The van der Waals surface area contributed by atoms with E-state index < -0.39 is 5.97 Å². The van der Waals surface area contributed by atoms with Crippen molar-refractivity contribution in [2.24, 2.45) is 0 Å². The Morgan fingerprint density at radius 2 is 2.04 bits per heavy atom. The Kier molecular flexibility index (Phi) is 5.06. The Balaban J connectivity index is 2.50. The standard InChI is InChI=1S/C15H8Cl2N2O4/c16-9-1-2-13(8(3-9)6-18)23-10-4-11(15(21)22)14(17)12(5-10)19-7-20/h1-5,7H,(H,19,20)(H,21,22). The maximum atomic E-state index is 11.2. The monoisotopic (exact) mass is 350 g/mol. The highest BCUT2D eigenvalue weighted by Crippen LogP contribution is 2.34. The fourth-order valence-electron chi connectivity index (χ4n) is 1.79. The lowest BCUT2D eigenvalue weighted by Gasteiger charge is -2.12. The molecule has 0 spiro atoms. The van der Waals surface area contributed by atoms with Gasteiger partial charge in [-0.15, -0.1) is 0 Å². The number of hydrogen-bond acceptors (Lipinski definition) is 4. The van der Waals surface area contributed by atoms with Crippen LogP contribution in [-0.2, 0) is 4.79 Å². The van der Waals surface area contributed by atoms with Crippen LogP contribution >= 0.6 is 23.2 Å². The van der Waals surface area contributed by atoms with E-state index in [4.69, 9.17) is 38.3 Å². The predicted octanol–water partition coefficient (Wildman–Crippen LogP) is 3.92. The molecule has 0 unspecified atom stereocenters. The number of rotatable bonds is 5. The molecule has 2 aromatic rings. The van der Waals surface area contributed by atoms with Gasteiger partial charge in [-0.2, -0.15) is 5.26 Å². The van der Waals surface area contributed by atoms with Crippen molar-refractivity contribution in [3.05, 3.63) is 51.5 Å². The first-order chi connectivity index (χ1) is 11.0. The molecule has 116 valence electrons. The molecule has 8 heteroatoms. The van der Waals surface area contributed by atoms with Gasteiger partial charge in [0.1, 0.15) is 17.6 Å². The Morgan fingerprint density at radius 1 is 1.30 bits per heavy atom. The number of nitrogens with zero attached hydrogens (tertiary/aromatic N) is 1. The van der Waals surface area contributed by atoms with E-state index in [1.807, 2.05) is 6.07 Å². The van der Waals surface area contributed by atoms with Crippen LogP contribution in [0.5, 0.6) is 11.5 Å². The third-order valence-corrected chi connectivity index (χ3v) is 3.42. The maximum Gasteiger partial charge on any atom is 0.337 e. The summed E-state index contributed by atoms with van der Waals surface area (Å²) in [6, 6.07) is 8.87. The Morgan fingerprint density at radius 3 is 2.65 bits per heavy atom. The number of benzene rings is 2. The number of ether oxygens (including phenoxy) is 1. The molecule has 2 aromatic carbocycles. The smallest absolute Gasteiger partial charge is 0.337 e. The van der Waals surface area contributed by atoms with E-state index >= 15 is 0 Å². The van der Waals surface area contributed by atoms with E-state index in [2.05, 4.69) is 5.32 Å². The lowest BCUT2D eigenvalue weighted by molar-refractivity contribution is -0.105. The molecule has 0 aliphatic heterocycles. The van der Waals surface area contributed by atoms with Crippen LogP contribution in [0.3, 0.4) is 0 Å². The molecule has 0 fully saturated rings. The van der Waals surface area contributed by atoms with Gasteiger partial charge >= 0.3 is 5.97 Å². The zero-order valence-electron chi connectivity index (χ0n) is 11.3. The molecular weight excluding hydrogens is 343 g/mol. The number of carboxylic acids is 1. The van der Waals surface area contributed by atoms with Gasteiger partial charge in [0.25, 0.3) is 0 Å². The van der Waals surface area contributed by atoms with E-state index in [1.54, 1.807) is 0 Å². The van der Waals surface area contributed by atoms with Crippen LogP contribution in [-0.4, -0.2) is 17.5 Å². The summed E-state index contributed by atoms with van der Waals surface area (Å²) in [4.78, 5) is 21.8. The largest absolute Gasteiger partial charge is 0.478 e. The van der Waals surface area contributed by atoms with Gasteiger partial charge in [0.15, 0.2) is 0 Å². The molecule has 0 aromatic heterocycles. The second-order valence-electron chi connectivity index (χ2n) is 4.25. The summed E-state index contributed by atoms with van der Waals surface area (Å²) >= 11 is 11.7. The molecule has 2 N–H and O–H groups in total. The number of nitriles is 1. The highest BCUT2D eigenvalue weighted by Gasteiger charge is 2.16. The fraction of sp³-hybridized carbons (Fsp3) is 0. The quantitative estimate of drug-likeness (QED) is 0.796. The van der Waals surface area contributed by atoms with E-state index in [-0.39, 0.29) is 33.3 Å². The zero-order valence-corrected chi connectivity index (χ0v) is 12.9. The SMILES string of the molecule is N#Cc1cc(Cl)ccc1Oc1cc(NC=O)c(Cl)c(C(=O)O)c1. The molecule has 0 heterocycles. The van der Waals surface area contributed by atoms with Crippen molar-refractivity contribution in [1.29, 1.82) is 5.26 Å². The van der Waals surface area contributed by atoms with Crippen molar-refractivity contribution < 1.29 is 19.4 Å². The minimum Gasteiger partial charge on any atom is -0.478 e. The van der Waals surface area contributed by atoms with Crippen LogP contribution in [0.1, 0.15) is 15.9 Å². The van der Waals surface area contributed by atoms with Gasteiger partial charge in [0.2, 0.25) is 6.41 Å². The van der Waals surface area contributed by atoms with Crippen molar-refractivity contribution in [3.8, 4) is 17.6 Å². The zero-order chi connectivity index (χ0) is 17.0. The Labute approximate surface area is 140 Å². The molecule has 0 bridgehead atoms. The summed E-state index contributed by atoms with van der Waals surface area (Å²) in [6.07, 6.45) is 0.361. The minimum absolute atomic E-state index is 0.0732. The van der Waals surface area contributed by atoms with Crippen LogP contribution in [0.15, 0.2) is 30.3 Å². The summed E-state index contributed by atoms with van der Waals surface area (Å²) in [5.41, 5.74) is -0.000697. The van der Waals surface area contributed by atoms with Crippen LogP contribution < -0.4 is 10.1 Å². The summed E-state index contributed by atoms with van der Waals surface area (Å²) in [6.45, 7) is 0. The van der Waals surface area contributed by atoms with E-state index in [9.17, 15) is 9.59 Å². The summed E-state index contributed by atoms with van der Waals surface area (Å²) in [5, 5.41) is 20.8. The summed E-state index contributed by atoms with van der Waals surface area (Å²) in [7, 11) is 0. The van der Waals surface area contributed by atoms with E-state index in [0.29, 0.717) is 11.4 Å². The first-order valence-electron chi connectivity index (χ1n) is 6.10. The molecule has 0 saturated carbocycles. The second-order valence-corrected chi connectivity index (χ2v) is 5.07. The van der Waals surface area contributed by atoms with Gasteiger partial charge in [0.05, 0.1) is 21.8 Å². The van der Waals surface area contributed by atoms with Gasteiger partial charge in [-0.25, -0.2) is 4.79 Å². The predicted molar refractivity (Wildman–Crippen MR) is 84.3 cm³/mol. The van der Waals surface area contributed by atoms with Crippen molar-refractivity contribution >= 4 is 41.3 Å². The first-order valence-corrected chi connectivity index (χ1v) is 6.86. The lowest BCUT2D eigenvalue weighted by atomic mass is 10.1. The van der Waals surface area contributed by atoms with Crippen molar-refractivity contribution in [2.45, 2.75) is 0 Å². The van der Waals surface area contributed by atoms with Crippen LogP contribution in [0, 0.1) is 11.3 Å². The second kappa shape index (κ2) is 7.01. The first kappa shape index (κ1) is 16.6. The molecule has 0 aliphatic rings. The number of hydrogen-bond donors (Lipinski definition) is 2. The topological polar surface area (TPSA) is 99.4 Å². The molecule has 0 saturated heterocycles. The number of aromatic carboxylic acids is 1. The number of nitrogens with one attached hydrogen (secondary N) is 1. The highest BCUT2D eigenvalue weighted by molar-refractivity contribution is 6.36. The van der Waals surface area contributed by atoms with Crippen molar-refractivity contribution in [3.63, 3.8) is 0 Å². The van der Waals surface area contributed by atoms with Crippen molar-refractivity contribution in [2.75, 3.05) is 5.32 Å². The number of amides is 1. The fourth-order valence-corrected chi connectivity index (χ4v) is 2.20.